The minimum atomic E-state index is -0.639. The fraction of sp³-hybridized carbons (Fsp3) is 0.364. The van der Waals surface area contributed by atoms with Crippen LogP contribution in [0.15, 0.2) is 48.8 Å². The van der Waals surface area contributed by atoms with Crippen LogP contribution in [-0.2, 0) is 6.54 Å². The maximum Gasteiger partial charge on any atom is 0.265 e. The average molecular weight is 631 g/mol. The Morgan fingerprint density at radius 1 is 1.00 bits per heavy atom. The van der Waals surface area contributed by atoms with Gasteiger partial charge in [0, 0.05) is 56.2 Å². The molecule has 5 rings (SSSR count). The second-order valence-electron chi connectivity index (χ2n) is 10.8. The van der Waals surface area contributed by atoms with E-state index in [0.29, 0.717) is 86.5 Å². The highest BCUT2D eigenvalue weighted by atomic mass is 32.1. The molecule has 0 saturated carbocycles. The summed E-state index contributed by atoms with van der Waals surface area (Å²) in [7, 11) is 1.59. The molecule has 3 heterocycles. The Morgan fingerprint density at radius 3 is 2.47 bits per heavy atom. The number of rotatable bonds is 3. The van der Waals surface area contributed by atoms with Gasteiger partial charge in [-0.15, -0.1) is 11.3 Å². The predicted octanol–water partition coefficient (Wildman–Crippen LogP) is 5.49. The van der Waals surface area contributed by atoms with Crippen molar-refractivity contribution in [2.24, 2.45) is 0 Å². The molecule has 1 aliphatic rings. The molecule has 0 N–H and O–H groups in total. The van der Waals surface area contributed by atoms with Crippen molar-refractivity contribution in [2.75, 3.05) is 39.9 Å². The topological polar surface area (TPSA) is 114 Å². The lowest BCUT2D eigenvalue weighted by Gasteiger charge is -2.25. The number of thiazole rings is 1. The summed E-state index contributed by atoms with van der Waals surface area (Å²) < 4.78 is 28.0. The van der Waals surface area contributed by atoms with Crippen molar-refractivity contribution in [3.8, 4) is 29.0 Å². The molecule has 2 amide bonds. The molecule has 0 aliphatic carbocycles. The minimum Gasteiger partial charge on any atom is -0.493 e. The number of hydrogen-bond donors (Lipinski definition) is 0. The number of amides is 2. The van der Waals surface area contributed by atoms with Crippen molar-refractivity contribution in [2.45, 2.75) is 39.7 Å². The first-order chi connectivity index (χ1) is 21.8. The van der Waals surface area contributed by atoms with E-state index in [2.05, 4.69) is 9.97 Å². The number of halogens is 1. The Balaban J connectivity index is 1.45. The second kappa shape index (κ2) is 14.3. The van der Waals surface area contributed by atoms with Crippen LogP contribution < -0.4 is 9.47 Å². The van der Waals surface area contributed by atoms with Crippen LogP contribution >= 0.6 is 11.3 Å². The Bertz CT molecular complexity index is 1730. The summed E-state index contributed by atoms with van der Waals surface area (Å²) in [6, 6.07) is 11.2. The molecule has 4 aromatic rings. The number of carbonyl (C=O) groups excluding carboxylic acids is 2. The maximum absolute atomic E-state index is 14.3. The van der Waals surface area contributed by atoms with Crippen LogP contribution in [0.1, 0.15) is 55.6 Å². The molecule has 0 atom stereocenters. The van der Waals surface area contributed by atoms with E-state index < -0.39 is 5.82 Å². The molecule has 0 spiro atoms. The smallest absolute Gasteiger partial charge is 0.265 e. The molecule has 0 radical (unpaired) electrons. The summed E-state index contributed by atoms with van der Waals surface area (Å²) >= 11 is 1.39. The molecule has 2 aromatic heterocycles. The van der Waals surface area contributed by atoms with Crippen molar-refractivity contribution in [1.29, 1.82) is 5.26 Å². The molecule has 1 aliphatic heterocycles. The fourth-order valence-corrected chi connectivity index (χ4v) is 6.30. The standard InChI is InChI=1S/C33H35FN6O4S/c1-22-30(45-23(2)37-22)33(42)39-10-4-5-11-40(32(41)26-17-24(21-35)18-27(34)19-26)15-14-38-13-9-36-31(38)25-7-8-28(43-3)29(20-25)44-16-6-12-39/h7-9,13,17-20H,4-6,10-12,14-16H2,1-3H3. The molecule has 234 valence electrons. The van der Waals surface area contributed by atoms with Crippen LogP contribution in [0, 0.1) is 31.0 Å². The van der Waals surface area contributed by atoms with Gasteiger partial charge in [-0.3, -0.25) is 9.59 Å². The number of carbonyl (C=O) groups is 2. The zero-order valence-electron chi connectivity index (χ0n) is 25.6. The van der Waals surface area contributed by atoms with Gasteiger partial charge in [0.2, 0.25) is 0 Å². The van der Waals surface area contributed by atoms with Crippen molar-refractivity contribution in [1.82, 2.24) is 24.3 Å². The van der Waals surface area contributed by atoms with E-state index in [1.54, 1.807) is 18.2 Å². The molecular formula is C33H35FN6O4S. The number of nitriles is 1. The van der Waals surface area contributed by atoms with Gasteiger partial charge in [-0.25, -0.2) is 14.4 Å². The van der Waals surface area contributed by atoms with E-state index in [0.717, 1.165) is 22.7 Å². The molecular weight excluding hydrogens is 595 g/mol. The Hall–Kier alpha value is -4.76. The summed E-state index contributed by atoms with van der Waals surface area (Å²) in [5, 5.41) is 10.2. The summed E-state index contributed by atoms with van der Waals surface area (Å²) in [6.07, 6.45) is 5.40. The predicted molar refractivity (Wildman–Crippen MR) is 168 cm³/mol. The lowest BCUT2D eigenvalue weighted by atomic mass is 10.1. The third-order valence-corrected chi connectivity index (χ3v) is 8.69. The van der Waals surface area contributed by atoms with Gasteiger partial charge < -0.3 is 23.8 Å². The Kier molecular flexibility index (Phi) is 10.1. The first kappa shape index (κ1) is 31.7. The SMILES string of the molecule is COc1ccc2cc1OCCCN(C(=O)c1sc(C)nc1C)CCCCN(C(=O)c1cc(F)cc(C#N)c1)CCn1ccnc1-2. The highest BCUT2D eigenvalue weighted by Crippen LogP contribution is 2.32. The number of benzene rings is 2. The summed E-state index contributed by atoms with van der Waals surface area (Å²) in [5.74, 6) is 0.773. The van der Waals surface area contributed by atoms with Gasteiger partial charge in [0.1, 0.15) is 16.5 Å². The van der Waals surface area contributed by atoms with Gasteiger partial charge in [0.25, 0.3) is 11.8 Å². The number of fused-ring (bicyclic) bond motifs is 4. The number of nitrogens with zero attached hydrogens (tertiary/aromatic N) is 6. The number of ether oxygens (including phenoxy) is 2. The van der Waals surface area contributed by atoms with E-state index >= 15 is 0 Å². The van der Waals surface area contributed by atoms with Crippen LogP contribution in [0.4, 0.5) is 4.39 Å². The number of aromatic nitrogens is 3. The maximum atomic E-state index is 14.3. The normalized spacial score (nSPS) is 14.6. The van der Waals surface area contributed by atoms with Crippen molar-refractivity contribution in [3.63, 3.8) is 0 Å². The fourth-order valence-electron chi connectivity index (χ4n) is 5.41. The minimum absolute atomic E-state index is 0.0715. The van der Waals surface area contributed by atoms with Crippen LogP contribution in [0.3, 0.4) is 0 Å². The number of imidazole rings is 1. The van der Waals surface area contributed by atoms with E-state index in [4.69, 9.17) is 9.47 Å². The third-order valence-electron chi connectivity index (χ3n) is 7.63. The second-order valence-corrected chi connectivity index (χ2v) is 12.0. The van der Waals surface area contributed by atoms with Crippen molar-refractivity contribution in [3.05, 3.63) is 81.3 Å². The Morgan fingerprint density at radius 2 is 1.76 bits per heavy atom. The van der Waals surface area contributed by atoms with E-state index in [-0.39, 0.29) is 22.9 Å². The van der Waals surface area contributed by atoms with Gasteiger partial charge in [0.05, 0.1) is 36.1 Å². The van der Waals surface area contributed by atoms with Gasteiger partial charge in [0.15, 0.2) is 11.5 Å². The molecule has 0 fully saturated rings. The highest BCUT2D eigenvalue weighted by Gasteiger charge is 2.23. The van der Waals surface area contributed by atoms with Gasteiger partial charge >= 0.3 is 0 Å². The lowest BCUT2D eigenvalue weighted by Crippen LogP contribution is -2.36. The highest BCUT2D eigenvalue weighted by molar-refractivity contribution is 7.13. The average Bonchev–Trinajstić information content (AvgIpc) is 3.65. The van der Waals surface area contributed by atoms with Crippen LogP contribution in [0.2, 0.25) is 0 Å². The van der Waals surface area contributed by atoms with E-state index in [1.807, 2.05) is 53.8 Å². The van der Waals surface area contributed by atoms with Crippen LogP contribution in [-0.4, -0.2) is 76.0 Å². The summed E-state index contributed by atoms with van der Waals surface area (Å²) in [6.45, 7) is 6.20. The summed E-state index contributed by atoms with van der Waals surface area (Å²) in [4.78, 5) is 40.4. The monoisotopic (exact) mass is 630 g/mol. The van der Waals surface area contributed by atoms with Gasteiger partial charge in [-0.2, -0.15) is 5.26 Å². The van der Waals surface area contributed by atoms with Crippen LogP contribution in [0.25, 0.3) is 11.4 Å². The first-order valence-corrected chi connectivity index (χ1v) is 15.6. The van der Waals surface area contributed by atoms with Gasteiger partial charge in [-0.1, -0.05) is 0 Å². The molecule has 12 heteroatoms. The third kappa shape index (κ3) is 7.49. The zero-order chi connectivity index (χ0) is 31.9. The van der Waals surface area contributed by atoms with E-state index in [1.165, 1.54) is 17.4 Å². The van der Waals surface area contributed by atoms with Crippen molar-refractivity contribution < 1.29 is 23.5 Å². The number of methoxy groups -OCH3 is 1. The lowest BCUT2D eigenvalue weighted by molar-refractivity contribution is 0.0715. The molecule has 0 saturated heterocycles. The molecule has 2 aromatic carbocycles. The largest absolute Gasteiger partial charge is 0.493 e. The van der Waals surface area contributed by atoms with Gasteiger partial charge in [-0.05, 0) is 69.5 Å². The number of hydrogen-bond acceptors (Lipinski definition) is 8. The first-order valence-electron chi connectivity index (χ1n) is 14.8. The number of aryl methyl sites for hydroxylation is 2. The molecule has 10 nitrogen and oxygen atoms in total. The molecule has 2 bridgehead atoms. The molecule has 45 heavy (non-hydrogen) atoms. The van der Waals surface area contributed by atoms with Crippen LogP contribution in [0.5, 0.6) is 11.5 Å². The summed E-state index contributed by atoms with van der Waals surface area (Å²) in [5.41, 5.74) is 1.73. The van der Waals surface area contributed by atoms with Crippen molar-refractivity contribution >= 4 is 23.2 Å². The molecule has 0 unspecified atom stereocenters. The van der Waals surface area contributed by atoms with E-state index in [9.17, 15) is 19.2 Å². The quantitative estimate of drug-likeness (QED) is 0.294. The Labute approximate surface area is 265 Å². The zero-order valence-corrected chi connectivity index (χ0v) is 26.4.